The second-order valence-electron chi connectivity index (χ2n) is 19.2. The van der Waals surface area contributed by atoms with Crippen LogP contribution in [-0.4, -0.2) is 4.57 Å². The van der Waals surface area contributed by atoms with E-state index in [1.54, 1.807) is 0 Å². The number of rotatable bonds is 6. The molecule has 0 radical (unpaired) electrons. The summed E-state index contributed by atoms with van der Waals surface area (Å²) in [5, 5.41) is 12.6. The zero-order valence-corrected chi connectivity index (χ0v) is 38.5. The van der Waals surface area contributed by atoms with Crippen LogP contribution in [0, 0.1) is 0 Å². The molecule has 12 aromatic carbocycles. The van der Waals surface area contributed by atoms with Gasteiger partial charge in [0.15, 0.2) is 0 Å². The molecule has 0 saturated carbocycles. The zero-order valence-electron chi connectivity index (χ0n) is 38.5. The van der Waals surface area contributed by atoms with Gasteiger partial charge in [-0.25, -0.2) is 0 Å². The quantitative estimate of drug-likeness (QED) is 0.151. The Morgan fingerprint density at radius 3 is 1.58 bits per heavy atom. The number of fused-ring (bicyclic) bond motifs is 13. The Bertz CT molecular complexity index is 4180. The van der Waals surface area contributed by atoms with Gasteiger partial charge in [0.1, 0.15) is 0 Å². The van der Waals surface area contributed by atoms with Crippen molar-refractivity contribution < 1.29 is 0 Å². The SMILES string of the molecule is CC1(C)c2ccccc2-c2ccc(N(c3ccc(-c4ccc5c6ccccc6c6ccccc6c5c4)cc3)c3ccc(-c4ccc5c(c4)c4ccccc4n5-c4ccccc4)c4ccccc34)cc21. The van der Waals surface area contributed by atoms with Crippen LogP contribution in [0.25, 0.3) is 104 Å². The minimum absolute atomic E-state index is 0.142. The molecule has 2 nitrogen and oxygen atoms in total. The monoisotopic (exact) mass is 878 g/mol. The molecule has 13 aromatic rings. The smallest absolute Gasteiger partial charge is 0.0541 e. The van der Waals surface area contributed by atoms with E-state index in [1.807, 2.05) is 0 Å². The number of hydrogen-bond donors (Lipinski definition) is 0. The summed E-state index contributed by atoms with van der Waals surface area (Å²) in [5.41, 5.74) is 17.0. The molecule has 0 spiro atoms. The molecule has 1 aromatic heterocycles. The fourth-order valence-corrected chi connectivity index (χ4v) is 11.9. The van der Waals surface area contributed by atoms with Crippen LogP contribution in [0.4, 0.5) is 17.1 Å². The van der Waals surface area contributed by atoms with Gasteiger partial charge in [-0.2, -0.15) is 0 Å². The minimum Gasteiger partial charge on any atom is -0.310 e. The Morgan fingerprint density at radius 2 is 0.826 bits per heavy atom. The number of nitrogens with zero attached hydrogens (tertiary/aromatic N) is 2. The molecule has 0 amide bonds. The van der Waals surface area contributed by atoms with Gasteiger partial charge in [0, 0.05) is 38.6 Å². The molecule has 0 bridgehead atoms. The van der Waals surface area contributed by atoms with Crippen molar-refractivity contribution in [3.05, 3.63) is 254 Å². The van der Waals surface area contributed by atoms with Crippen molar-refractivity contribution >= 4 is 82.0 Å². The highest BCUT2D eigenvalue weighted by atomic mass is 15.1. The average molecular weight is 879 g/mol. The zero-order chi connectivity index (χ0) is 45.8. The van der Waals surface area contributed by atoms with E-state index in [0.29, 0.717) is 0 Å². The predicted molar refractivity (Wildman–Crippen MR) is 294 cm³/mol. The van der Waals surface area contributed by atoms with E-state index in [4.69, 9.17) is 0 Å². The van der Waals surface area contributed by atoms with E-state index in [-0.39, 0.29) is 5.41 Å². The van der Waals surface area contributed by atoms with E-state index in [0.717, 1.165) is 22.7 Å². The molecule has 1 aliphatic carbocycles. The lowest BCUT2D eigenvalue weighted by atomic mass is 9.82. The van der Waals surface area contributed by atoms with Gasteiger partial charge >= 0.3 is 0 Å². The van der Waals surface area contributed by atoms with Gasteiger partial charge in [-0.15, -0.1) is 0 Å². The van der Waals surface area contributed by atoms with Crippen molar-refractivity contribution in [1.82, 2.24) is 4.57 Å². The molecule has 0 aliphatic heterocycles. The third kappa shape index (κ3) is 5.98. The molecule has 69 heavy (non-hydrogen) atoms. The Labute approximate surface area is 401 Å². The highest BCUT2D eigenvalue weighted by molar-refractivity contribution is 6.26. The summed E-state index contributed by atoms with van der Waals surface area (Å²) >= 11 is 0. The van der Waals surface area contributed by atoms with Crippen molar-refractivity contribution in [2.75, 3.05) is 4.90 Å². The number of benzene rings is 12. The first kappa shape index (κ1) is 39.4. The largest absolute Gasteiger partial charge is 0.310 e. The van der Waals surface area contributed by atoms with Crippen LogP contribution in [0.15, 0.2) is 243 Å². The third-order valence-corrected chi connectivity index (χ3v) is 15.2. The number of aromatic nitrogens is 1. The minimum atomic E-state index is -0.142. The molecular weight excluding hydrogens is 833 g/mol. The van der Waals surface area contributed by atoms with Crippen molar-refractivity contribution in [2.45, 2.75) is 19.3 Å². The van der Waals surface area contributed by atoms with E-state index in [9.17, 15) is 0 Å². The Kier molecular flexibility index (Phi) is 8.66. The van der Waals surface area contributed by atoms with Gasteiger partial charge in [-0.05, 0) is 149 Å². The maximum Gasteiger partial charge on any atom is 0.0541 e. The molecule has 0 N–H and O–H groups in total. The maximum absolute atomic E-state index is 2.48. The van der Waals surface area contributed by atoms with Gasteiger partial charge < -0.3 is 9.47 Å². The van der Waals surface area contributed by atoms with Crippen LogP contribution in [0.2, 0.25) is 0 Å². The van der Waals surface area contributed by atoms with Crippen LogP contribution < -0.4 is 4.90 Å². The molecular formula is C67H46N2. The highest BCUT2D eigenvalue weighted by Gasteiger charge is 2.36. The van der Waals surface area contributed by atoms with Gasteiger partial charge in [0.25, 0.3) is 0 Å². The topological polar surface area (TPSA) is 8.17 Å². The van der Waals surface area contributed by atoms with Crippen LogP contribution in [0.1, 0.15) is 25.0 Å². The summed E-state index contributed by atoms with van der Waals surface area (Å²) in [6.45, 7) is 4.74. The average Bonchev–Trinajstić information content (AvgIpc) is 3.86. The normalized spacial score (nSPS) is 12.9. The molecule has 324 valence electrons. The second kappa shape index (κ2) is 15.2. The summed E-state index contributed by atoms with van der Waals surface area (Å²) in [6.07, 6.45) is 0. The fraction of sp³-hybridized carbons (Fsp3) is 0.0448. The van der Waals surface area contributed by atoms with Gasteiger partial charge in [-0.3, -0.25) is 0 Å². The fourth-order valence-electron chi connectivity index (χ4n) is 11.9. The van der Waals surface area contributed by atoms with Crippen LogP contribution >= 0.6 is 0 Å². The lowest BCUT2D eigenvalue weighted by molar-refractivity contribution is 0.660. The third-order valence-electron chi connectivity index (χ3n) is 15.2. The van der Waals surface area contributed by atoms with Crippen molar-refractivity contribution in [1.29, 1.82) is 0 Å². The Balaban J connectivity index is 0.930. The Morgan fingerprint density at radius 1 is 0.304 bits per heavy atom. The van der Waals surface area contributed by atoms with Gasteiger partial charge in [-0.1, -0.05) is 190 Å². The molecule has 14 rings (SSSR count). The molecule has 2 heteroatoms. The molecule has 0 saturated heterocycles. The molecule has 0 fully saturated rings. The van der Waals surface area contributed by atoms with Gasteiger partial charge in [0.2, 0.25) is 0 Å². The molecule has 1 aliphatic rings. The van der Waals surface area contributed by atoms with Crippen LogP contribution in [-0.2, 0) is 5.41 Å². The van der Waals surface area contributed by atoms with Gasteiger partial charge in [0.05, 0.1) is 16.7 Å². The summed E-state index contributed by atoms with van der Waals surface area (Å²) < 4.78 is 2.39. The first-order valence-electron chi connectivity index (χ1n) is 24.1. The van der Waals surface area contributed by atoms with Crippen LogP contribution in [0.5, 0.6) is 0 Å². The highest BCUT2D eigenvalue weighted by Crippen LogP contribution is 2.52. The summed E-state index contributed by atoms with van der Waals surface area (Å²) in [5.74, 6) is 0. The van der Waals surface area contributed by atoms with E-state index in [1.165, 1.54) is 109 Å². The van der Waals surface area contributed by atoms with Crippen LogP contribution in [0.3, 0.4) is 0 Å². The summed E-state index contributed by atoms with van der Waals surface area (Å²) in [7, 11) is 0. The summed E-state index contributed by atoms with van der Waals surface area (Å²) in [4.78, 5) is 2.48. The van der Waals surface area contributed by atoms with E-state index < -0.39 is 0 Å². The van der Waals surface area contributed by atoms with Crippen molar-refractivity contribution in [2.24, 2.45) is 0 Å². The van der Waals surface area contributed by atoms with Crippen molar-refractivity contribution in [3.8, 4) is 39.1 Å². The number of hydrogen-bond acceptors (Lipinski definition) is 1. The van der Waals surface area contributed by atoms with Crippen molar-refractivity contribution in [3.63, 3.8) is 0 Å². The predicted octanol–water partition coefficient (Wildman–Crippen LogP) is 18.5. The molecule has 0 atom stereocenters. The lowest BCUT2D eigenvalue weighted by Crippen LogP contribution is -2.16. The lowest BCUT2D eigenvalue weighted by Gasteiger charge is -2.29. The molecule has 1 heterocycles. The summed E-state index contributed by atoms with van der Waals surface area (Å²) in [6, 6.07) is 90.0. The Hall–Kier alpha value is -8.72. The van der Waals surface area contributed by atoms with E-state index in [2.05, 4.69) is 266 Å². The first-order chi connectivity index (χ1) is 34.0. The van der Waals surface area contributed by atoms with E-state index >= 15 is 0 Å². The maximum atomic E-state index is 2.48. The molecule has 0 unspecified atom stereocenters. The first-order valence-corrected chi connectivity index (χ1v) is 24.1. The second-order valence-corrected chi connectivity index (χ2v) is 19.2. The number of para-hydroxylation sites is 2. The standard InChI is InChI=1S/C67H46N2/c1-67(2)62-26-14-12-23-56(62)57-36-34-48(42-63(57)67)68(47-32-28-43(29-33-47)44-30-35-55-53-21-7-6-19-51(53)52-20-8-9-22-54(52)60(55)40-44)65-39-37-49(50-18-10-11-24-58(50)65)45-31-38-66-61(41-45)59-25-13-15-27-64(59)69(66)46-16-4-3-5-17-46/h3-42H,1-2H3. The number of anilines is 3.